The van der Waals surface area contributed by atoms with Gasteiger partial charge in [-0.2, -0.15) is 5.10 Å². The largest absolute Gasteiger partial charge is 0.474 e. The highest BCUT2D eigenvalue weighted by Gasteiger charge is 2.47. The molecule has 0 amide bonds. The Kier molecular flexibility index (Phi) is 3.90. The molecule has 0 aromatic carbocycles. The zero-order valence-electron chi connectivity index (χ0n) is 14.7. The summed E-state index contributed by atoms with van der Waals surface area (Å²) in [7, 11) is 0. The summed E-state index contributed by atoms with van der Waals surface area (Å²) in [5.74, 6) is 1.97. The molecule has 6 heteroatoms. The van der Waals surface area contributed by atoms with Gasteiger partial charge in [0.25, 0.3) is 0 Å². The van der Waals surface area contributed by atoms with Crippen LogP contribution in [0.1, 0.15) is 44.2 Å². The average Bonchev–Trinajstić information content (AvgIpc) is 3.09. The third-order valence-electron chi connectivity index (χ3n) is 5.73. The summed E-state index contributed by atoms with van der Waals surface area (Å²) in [6.07, 6.45) is 6.28. The van der Waals surface area contributed by atoms with Gasteiger partial charge in [0.1, 0.15) is 6.10 Å². The van der Waals surface area contributed by atoms with E-state index in [-0.39, 0.29) is 6.10 Å². The van der Waals surface area contributed by atoms with Gasteiger partial charge in [0, 0.05) is 37.5 Å². The first-order valence-corrected chi connectivity index (χ1v) is 9.47. The van der Waals surface area contributed by atoms with Gasteiger partial charge in [-0.05, 0) is 31.4 Å². The molecule has 133 valence electrons. The lowest BCUT2D eigenvalue weighted by Gasteiger charge is -2.23. The molecule has 2 aromatic rings. The zero-order valence-corrected chi connectivity index (χ0v) is 14.7. The van der Waals surface area contributed by atoms with Gasteiger partial charge in [0.2, 0.25) is 5.88 Å². The molecule has 1 unspecified atom stereocenters. The number of likely N-dealkylation sites (tertiary alicyclic amines) is 1. The van der Waals surface area contributed by atoms with E-state index in [1.54, 1.807) is 12.2 Å². The van der Waals surface area contributed by atoms with E-state index in [0.29, 0.717) is 5.92 Å². The molecule has 3 fully saturated rings. The van der Waals surface area contributed by atoms with E-state index in [0.717, 1.165) is 60.9 Å². The number of H-pyrrole nitrogens is 1. The molecule has 0 spiro atoms. The molecular formula is C19H25N4O2. The third-order valence-corrected chi connectivity index (χ3v) is 5.73. The van der Waals surface area contributed by atoms with Gasteiger partial charge >= 0.3 is 0 Å². The topological polar surface area (TPSA) is 63.3 Å². The molecular weight excluding hydrogens is 316 g/mol. The number of nitrogens with one attached hydrogen (secondary N) is 1. The van der Waals surface area contributed by atoms with Crippen LogP contribution in [0.5, 0.6) is 5.88 Å². The number of pyridine rings is 1. The Bertz CT molecular complexity index is 755. The Morgan fingerprint density at radius 2 is 2.16 bits per heavy atom. The Balaban J connectivity index is 1.40. The number of rotatable bonds is 4. The molecule has 5 rings (SSSR count). The van der Waals surface area contributed by atoms with Crippen molar-refractivity contribution in [2.45, 2.75) is 44.6 Å². The summed E-state index contributed by atoms with van der Waals surface area (Å²) >= 11 is 0. The quantitative estimate of drug-likeness (QED) is 0.926. The van der Waals surface area contributed by atoms with Crippen molar-refractivity contribution >= 4 is 10.9 Å². The van der Waals surface area contributed by atoms with Crippen LogP contribution >= 0.6 is 0 Å². The minimum atomic E-state index is 0.191. The first-order chi connectivity index (χ1) is 12.3. The maximum absolute atomic E-state index is 6.25. The monoisotopic (exact) mass is 341 g/mol. The highest BCUT2D eigenvalue weighted by atomic mass is 16.5. The summed E-state index contributed by atoms with van der Waals surface area (Å²) in [5.41, 5.74) is 2.13. The van der Waals surface area contributed by atoms with E-state index in [2.05, 4.69) is 27.0 Å². The lowest BCUT2D eigenvalue weighted by Crippen LogP contribution is -2.26. The van der Waals surface area contributed by atoms with Gasteiger partial charge in [-0.25, -0.2) is 4.98 Å². The van der Waals surface area contributed by atoms with Gasteiger partial charge in [-0.1, -0.05) is 6.92 Å². The number of fused-ring (bicyclic) bond motifs is 1. The molecule has 2 atom stereocenters. The van der Waals surface area contributed by atoms with Crippen molar-refractivity contribution in [2.24, 2.45) is 5.92 Å². The van der Waals surface area contributed by atoms with E-state index in [1.807, 2.05) is 6.07 Å². The van der Waals surface area contributed by atoms with E-state index in [9.17, 15) is 0 Å². The van der Waals surface area contributed by atoms with Gasteiger partial charge in [0.05, 0.1) is 29.8 Å². The van der Waals surface area contributed by atoms with Crippen molar-refractivity contribution in [1.29, 1.82) is 0 Å². The smallest absolute Gasteiger partial charge is 0.225 e. The standard InChI is InChI=1S/C19H25N4O2/c1-12-3-7-23(11-12)16-10-14(16)18-17-15(21-22-18)2-6-20-19(17)25-13-4-8-24-9-5-13/h2,6,12-14H,3-5,7-11H2,1H3,(H,21,22)/t12-,14?/m1/s1. The molecule has 3 aliphatic rings. The van der Waals surface area contributed by atoms with Crippen LogP contribution < -0.4 is 4.74 Å². The number of nitrogens with zero attached hydrogens (tertiary/aromatic N) is 3. The molecule has 1 saturated carbocycles. The van der Waals surface area contributed by atoms with Crippen molar-refractivity contribution < 1.29 is 9.47 Å². The second-order valence-corrected chi connectivity index (χ2v) is 7.67. The van der Waals surface area contributed by atoms with Crippen LogP contribution in [-0.2, 0) is 4.74 Å². The van der Waals surface area contributed by atoms with Gasteiger partial charge < -0.3 is 9.47 Å². The number of hydrogen-bond acceptors (Lipinski definition) is 5. The summed E-state index contributed by atoms with van der Waals surface area (Å²) in [5, 5.41) is 8.89. The molecule has 4 heterocycles. The Labute approximate surface area is 147 Å². The van der Waals surface area contributed by atoms with Crippen LogP contribution in [0.3, 0.4) is 0 Å². The first-order valence-electron chi connectivity index (χ1n) is 9.47. The fourth-order valence-electron chi connectivity index (χ4n) is 4.20. The SMILES string of the molecule is C[C@@H]1CCN([C]2CC2c2n[nH]c3ccnc(OC4CCOCC4)c23)C1. The number of ether oxygens (including phenoxy) is 2. The highest BCUT2D eigenvalue weighted by Crippen LogP contribution is 2.54. The first kappa shape index (κ1) is 15.6. The summed E-state index contributed by atoms with van der Waals surface area (Å²) < 4.78 is 11.7. The second kappa shape index (κ2) is 6.25. The van der Waals surface area contributed by atoms with Crippen LogP contribution in [-0.4, -0.2) is 52.5 Å². The van der Waals surface area contributed by atoms with Gasteiger partial charge in [0.15, 0.2) is 0 Å². The molecule has 2 aliphatic heterocycles. The average molecular weight is 341 g/mol. The number of aromatic amines is 1. The molecule has 0 bridgehead atoms. The normalized spacial score (nSPS) is 28.7. The maximum Gasteiger partial charge on any atom is 0.225 e. The van der Waals surface area contributed by atoms with Crippen molar-refractivity contribution in [3.8, 4) is 5.88 Å². The molecule has 2 aromatic heterocycles. The lowest BCUT2D eigenvalue weighted by molar-refractivity contribution is 0.0244. The zero-order chi connectivity index (χ0) is 16.8. The highest BCUT2D eigenvalue weighted by molar-refractivity contribution is 5.87. The van der Waals surface area contributed by atoms with Crippen LogP contribution in [0.4, 0.5) is 0 Å². The van der Waals surface area contributed by atoms with E-state index < -0.39 is 0 Å². The summed E-state index contributed by atoms with van der Waals surface area (Å²) in [6, 6.07) is 3.53. The number of aromatic nitrogens is 3. The summed E-state index contributed by atoms with van der Waals surface area (Å²) in [6.45, 7) is 6.27. The Morgan fingerprint density at radius 3 is 2.96 bits per heavy atom. The fraction of sp³-hybridized carbons (Fsp3) is 0.632. The predicted octanol–water partition coefficient (Wildman–Crippen LogP) is 2.88. The van der Waals surface area contributed by atoms with Gasteiger partial charge in [-0.15, -0.1) is 0 Å². The van der Waals surface area contributed by atoms with Crippen molar-refractivity contribution in [3.05, 3.63) is 24.0 Å². The van der Waals surface area contributed by atoms with Crippen molar-refractivity contribution in [1.82, 2.24) is 20.1 Å². The lowest BCUT2D eigenvalue weighted by atomic mass is 10.1. The Morgan fingerprint density at radius 1 is 1.28 bits per heavy atom. The Hall–Kier alpha value is -1.66. The fourth-order valence-corrected chi connectivity index (χ4v) is 4.20. The molecule has 25 heavy (non-hydrogen) atoms. The van der Waals surface area contributed by atoms with Crippen LogP contribution in [0.25, 0.3) is 10.9 Å². The molecule has 1 radical (unpaired) electrons. The third kappa shape index (κ3) is 2.91. The van der Waals surface area contributed by atoms with E-state index in [4.69, 9.17) is 9.47 Å². The minimum absolute atomic E-state index is 0.191. The summed E-state index contributed by atoms with van der Waals surface area (Å²) in [4.78, 5) is 7.09. The van der Waals surface area contributed by atoms with Gasteiger partial charge in [-0.3, -0.25) is 10.00 Å². The molecule has 1 N–H and O–H groups in total. The minimum Gasteiger partial charge on any atom is -0.474 e. The predicted molar refractivity (Wildman–Crippen MR) is 94.3 cm³/mol. The number of hydrogen-bond donors (Lipinski definition) is 1. The van der Waals surface area contributed by atoms with E-state index >= 15 is 0 Å². The van der Waals surface area contributed by atoms with Crippen molar-refractivity contribution in [2.75, 3.05) is 26.3 Å². The van der Waals surface area contributed by atoms with Crippen molar-refractivity contribution in [3.63, 3.8) is 0 Å². The molecule has 6 nitrogen and oxygen atoms in total. The van der Waals surface area contributed by atoms with Crippen LogP contribution in [0.2, 0.25) is 0 Å². The van der Waals surface area contributed by atoms with Crippen LogP contribution in [0, 0.1) is 12.0 Å². The molecule has 1 aliphatic carbocycles. The van der Waals surface area contributed by atoms with Crippen LogP contribution in [0.15, 0.2) is 12.3 Å². The molecule has 2 saturated heterocycles. The second-order valence-electron chi connectivity index (χ2n) is 7.67. The maximum atomic E-state index is 6.25. The van der Waals surface area contributed by atoms with E-state index in [1.165, 1.54) is 19.5 Å².